The smallest absolute Gasteiger partial charge is 0.251 e. The number of hydrogen-bond donors (Lipinski definition) is 1. The van der Waals surface area contributed by atoms with E-state index >= 15 is 0 Å². The van der Waals surface area contributed by atoms with Crippen molar-refractivity contribution < 1.29 is 24.2 Å². The first kappa shape index (κ1) is 31.9. The first-order chi connectivity index (χ1) is 22.3. The van der Waals surface area contributed by atoms with Gasteiger partial charge < -0.3 is 24.5 Å². The van der Waals surface area contributed by atoms with Crippen molar-refractivity contribution in [1.82, 2.24) is 4.90 Å². The molecule has 3 saturated heterocycles. The van der Waals surface area contributed by atoms with Crippen LogP contribution in [0.5, 0.6) is 5.75 Å². The van der Waals surface area contributed by atoms with Crippen LogP contribution in [0.3, 0.4) is 0 Å². The normalized spacial score (nSPS) is 26.2. The van der Waals surface area contributed by atoms with Gasteiger partial charge in [0.2, 0.25) is 11.8 Å². The highest BCUT2D eigenvalue weighted by Crippen LogP contribution is 2.69. The molecule has 9 heteroatoms. The van der Waals surface area contributed by atoms with E-state index in [4.69, 9.17) is 4.74 Å². The second-order valence-electron chi connectivity index (χ2n) is 12.2. The van der Waals surface area contributed by atoms with E-state index in [0.717, 1.165) is 10.8 Å². The minimum atomic E-state index is -0.843. The Labute approximate surface area is 274 Å². The van der Waals surface area contributed by atoms with Crippen LogP contribution in [0.2, 0.25) is 0 Å². The first-order valence-corrected chi connectivity index (χ1v) is 16.8. The molecule has 3 fully saturated rings. The number of likely N-dealkylation sites (tertiary alicyclic amines) is 1. The number of ether oxygens (including phenoxy) is 1. The van der Waals surface area contributed by atoms with E-state index in [-0.39, 0.29) is 55.1 Å². The summed E-state index contributed by atoms with van der Waals surface area (Å²) in [6.07, 6.45) is 4.09. The van der Waals surface area contributed by atoms with Crippen LogP contribution in [0, 0.1) is 17.8 Å². The summed E-state index contributed by atoms with van der Waals surface area (Å²) in [6.45, 7) is 12.6. The fraction of sp³-hybridized carbons (Fsp3) is 0.378. The molecule has 0 aliphatic carbocycles. The van der Waals surface area contributed by atoms with Gasteiger partial charge >= 0.3 is 0 Å². The number of carbonyl (C=O) groups excluding carboxylic acids is 3. The number of hydrogen-bond acceptors (Lipinski definition) is 6. The van der Waals surface area contributed by atoms with E-state index in [9.17, 15) is 19.5 Å². The second kappa shape index (κ2) is 13.0. The lowest BCUT2D eigenvalue weighted by Gasteiger charge is -2.41. The highest BCUT2D eigenvalue weighted by Gasteiger charge is 2.76. The van der Waals surface area contributed by atoms with Crippen molar-refractivity contribution in [2.75, 3.05) is 42.6 Å². The third-order valence-corrected chi connectivity index (χ3v) is 11.8. The van der Waals surface area contributed by atoms with E-state index < -0.39 is 22.6 Å². The Morgan fingerprint density at radius 3 is 2.30 bits per heavy atom. The Morgan fingerprint density at radius 1 is 1.00 bits per heavy atom. The number of nitrogens with zero attached hydrogens (tertiary/aromatic N) is 3. The van der Waals surface area contributed by atoms with E-state index in [1.54, 1.807) is 38.6 Å². The molecule has 240 valence electrons. The molecule has 6 atom stereocenters. The topological polar surface area (TPSA) is 90.4 Å². The van der Waals surface area contributed by atoms with Crippen molar-refractivity contribution >= 4 is 51.6 Å². The van der Waals surface area contributed by atoms with Gasteiger partial charge in [-0.3, -0.25) is 14.4 Å². The number of aliphatic hydroxyl groups is 1. The number of rotatable bonds is 12. The molecule has 8 nitrogen and oxygen atoms in total. The van der Waals surface area contributed by atoms with Crippen LogP contribution in [0.15, 0.2) is 92.0 Å². The summed E-state index contributed by atoms with van der Waals surface area (Å²) in [5.74, 6) is -1.22. The molecule has 0 radical (unpaired) electrons. The zero-order valence-electron chi connectivity index (χ0n) is 26.4. The zero-order chi connectivity index (χ0) is 32.6. The Morgan fingerprint density at radius 2 is 1.65 bits per heavy atom. The van der Waals surface area contributed by atoms with Crippen molar-refractivity contribution in [3.63, 3.8) is 0 Å². The Bertz CT molecular complexity index is 1660. The van der Waals surface area contributed by atoms with Crippen molar-refractivity contribution in [1.29, 1.82) is 0 Å². The molecule has 1 N–H and O–H groups in total. The molecular weight excluding hydrogens is 598 g/mol. The van der Waals surface area contributed by atoms with E-state index in [1.165, 1.54) is 0 Å². The van der Waals surface area contributed by atoms with Gasteiger partial charge in [-0.05, 0) is 66.4 Å². The van der Waals surface area contributed by atoms with Gasteiger partial charge in [0.05, 0.1) is 29.8 Å². The van der Waals surface area contributed by atoms with E-state index in [1.807, 2.05) is 73.7 Å². The summed E-state index contributed by atoms with van der Waals surface area (Å²) in [6, 6.07) is 20.4. The number of benzene rings is 3. The van der Waals surface area contributed by atoms with E-state index in [2.05, 4.69) is 20.1 Å². The fourth-order valence-electron chi connectivity index (χ4n) is 7.89. The molecular formula is C37H41N3O5S. The number of thioether (sulfide) groups is 1. The number of anilines is 2. The Hall–Kier alpha value is -4.08. The lowest BCUT2D eigenvalue weighted by Crippen LogP contribution is -2.58. The highest BCUT2D eigenvalue weighted by molar-refractivity contribution is 8.02. The molecule has 3 heterocycles. The number of fused-ring (bicyclic) bond motifs is 2. The molecule has 2 bridgehead atoms. The summed E-state index contributed by atoms with van der Waals surface area (Å²) in [7, 11) is 0. The predicted octanol–water partition coefficient (Wildman–Crippen LogP) is 5.31. The molecule has 3 aliphatic heterocycles. The third-order valence-electron chi connectivity index (χ3n) is 9.76. The third kappa shape index (κ3) is 5.10. The molecule has 6 rings (SSSR count). The monoisotopic (exact) mass is 639 g/mol. The molecule has 3 aromatic rings. The Balaban J connectivity index is 1.39. The quantitative estimate of drug-likeness (QED) is 0.271. The standard InChI is InChI=1S/C37H41N3O5S/c1-5-18-38(27-14-16-29(17-15-27)45-7-3)34(42)31-30-22-24(4)37(46-30)32(31)35(43)40(20-21-41)33(37)36(44)39(19-6-2)28-13-12-25-10-8-9-11-26(25)23-28/h5-6,8-17,23-24,30-33,41H,1-2,7,18-22H2,3-4H3/t24?,30-,31+,32+,33?,37?/m1/s1. The summed E-state index contributed by atoms with van der Waals surface area (Å²) >= 11 is 1.63. The fourth-order valence-corrected chi connectivity index (χ4v) is 10.3. The van der Waals surface area contributed by atoms with Crippen LogP contribution < -0.4 is 14.5 Å². The number of β-amino-alcohol motifs (C(OH)–C–C–N with tert-alkyl or cyclic N) is 1. The second-order valence-corrected chi connectivity index (χ2v) is 13.8. The SMILES string of the molecule is C=CCN(C(=O)C1N(CCO)C(=O)[C@@H]2[C@@H](C(=O)N(CC=C)c3ccc(OCC)cc3)[C@H]3CC(C)C12S3)c1ccc2ccccc2c1. The van der Waals surface area contributed by atoms with Crippen LogP contribution in [-0.2, 0) is 14.4 Å². The largest absolute Gasteiger partial charge is 0.494 e. The maximum absolute atomic E-state index is 14.9. The number of aliphatic hydroxyl groups excluding tert-OH is 1. The average Bonchev–Trinajstić information content (AvgIpc) is 3.66. The number of amides is 3. The van der Waals surface area contributed by atoms with Crippen molar-refractivity contribution in [2.24, 2.45) is 17.8 Å². The molecule has 46 heavy (non-hydrogen) atoms. The Kier molecular flexibility index (Phi) is 8.99. The van der Waals surface area contributed by atoms with Gasteiger partial charge in [-0.2, -0.15) is 0 Å². The van der Waals surface area contributed by atoms with Crippen molar-refractivity contribution in [2.45, 2.75) is 36.3 Å². The summed E-state index contributed by atoms with van der Waals surface area (Å²) in [5, 5.41) is 12.1. The van der Waals surface area contributed by atoms with Crippen LogP contribution in [0.1, 0.15) is 20.3 Å². The van der Waals surface area contributed by atoms with Gasteiger partial charge in [0.1, 0.15) is 11.8 Å². The first-order valence-electron chi connectivity index (χ1n) is 16.0. The molecule has 0 aromatic heterocycles. The summed E-state index contributed by atoms with van der Waals surface area (Å²) in [4.78, 5) is 48.8. The molecule has 3 aromatic carbocycles. The van der Waals surface area contributed by atoms with Gasteiger partial charge in [-0.15, -0.1) is 24.9 Å². The van der Waals surface area contributed by atoms with Crippen LogP contribution in [0.4, 0.5) is 11.4 Å². The van der Waals surface area contributed by atoms with Crippen LogP contribution in [-0.4, -0.2) is 76.6 Å². The van der Waals surface area contributed by atoms with Crippen LogP contribution in [0.25, 0.3) is 10.8 Å². The van der Waals surface area contributed by atoms with Gasteiger partial charge in [-0.1, -0.05) is 49.4 Å². The summed E-state index contributed by atoms with van der Waals surface area (Å²) in [5.41, 5.74) is 1.41. The van der Waals surface area contributed by atoms with Gasteiger partial charge in [0, 0.05) is 36.3 Å². The van der Waals surface area contributed by atoms with Crippen LogP contribution >= 0.6 is 11.8 Å². The lowest BCUT2D eigenvalue weighted by molar-refractivity contribution is -0.139. The van der Waals surface area contributed by atoms with Gasteiger partial charge in [-0.25, -0.2) is 0 Å². The highest BCUT2D eigenvalue weighted by atomic mass is 32.2. The molecule has 0 saturated carbocycles. The molecule has 3 unspecified atom stereocenters. The minimum Gasteiger partial charge on any atom is -0.494 e. The van der Waals surface area contributed by atoms with Crippen molar-refractivity contribution in [3.8, 4) is 5.75 Å². The summed E-state index contributed by atoms with van der Waals surface area (Å²) < 4.78 is 4.79. The lowest BCUT2D eigenvalue weighted by atomic mass is 9.65. The maximum atomic E-state index is 14.9. The average molecular weight is 640 g/mol. The molecule has 1 spiro atoms. The minimum absolute atomic E-state index is 0.00124. The van der Waals surface area contributed by atoms with Gasteiger partial charge in [0.25, 0.3) is 5.91 Å². The number of carbonyl (C=O) groups is 3. The predicted molar refractivity (Wildman–Crippen MR) is 184 cm³/mol. The van der Waals surface area contributed by atoms with E-state index in [0.29, 0.717) is 30.2 Å². The van der Waals surface area contributed by atoms with Gasteiger partial charge in [0.15, 0.2) is 0 Å². The zero-order valence-corrected chi connectivity index (χ0v) is 27.2. The maximum Gasteiger partial charge on any atom is 0.251 e. The molecule has 3 aliphatic rings. The van der Waals surface area contributed by atoms with Crippen molar-refractivity contribution in [3.05, 3.63) is 92.0 Å². The molecule has 3 amide bonds.